The molecule has 0 saturated carbocycles. The Morgan fingerprint density at radius 3 is 2.84 bits per heavy atom. The Morgan fingerprint density at radius 1 is 1.16 bits per heavy atom. The molecule has 160 valence electrons. The average Bonchev–Trinajstić information content (AvgIpc) is 2.78. The van der Waals surface area contributed by atoms with Gasteiger partial charge in [0, 0.05) is 18.7 Å². The fourth-order valence-corrected chi connectivity index (χ4v) is 4.14. The van der Waals surface area contributed by atoms with E-state index in [0.717, 1.165) is 36.3 Å². The van der Waals surface area contributed by atoms with Crippen LogP contribution in [0.5, 0.6) is 0 Å². The highest BCUT2D eigenvalue weighted by Crippen LogP contribution is 2.33. The molecule has 1 atom stereocenters. The number of likely N-dealkylation sites (N-methyl/N-ethyl adjacent to an activating group) is 1. The second kappa shape index (κ2) is 9.35. The fourth-order valence-electron chi connectivity index (χ4n) is 3.96. The summed E-state index contributed by atoms with van der Waals surface area (Å²) in [5, 5.41) is 9.83. The van der Waals surface area contributed by atoms with Crippen molar-refractivity contribution in [3.8, 4) is 11.3 Å². The smallest absolute Gasteiger partial charge is 0.239 e. The highest BCUT2D eigenvalue weighted by Gasteiger charge is 2.20. The number of fused-ring (bicyclic) bond motifs is 1. The van der Waals surface area contributed by atoms with Gasteiger partial charge in [0.2, 0.25) is 5.91 Å². The molecule has 0 bridgehead atoms. The maximum Gasteiger partial charge on any atom is 0.239 e. The molecule has 1 unspecified atom stereocenters. The zero-order valence-electron chi connectivity index (χ0n) is 17.7. The summed E-state index contributed by atoms with van der Waals surface area (Å²) in [6.07, 6.45) is 3.35. The maximum absolute atomic E-state index is 11.6. The first kappa shape index (κ1) is 21.1. The van der Waals surface area contributed by atoms with E-state index in [1.165, 1.54) is 11.1 Å². The summed E-state index contributed by atoms with van der Waals surface area (Å²) in [5.74, 6) is 1.39. The molecule has 1 amide bonds. The van der Waals surface area contributed by atoms with E-state index in [1.807, 2.05) is 31.2 Å². The van der Waals surface area contributed by atoms with E-state index >= 15 is 0 Å². The molecule has 6 nitrogen and oxygen atoms in total. The van der Waals surface area contributed by atoms with Crippen LogP contribution >= 0.6 is 11.6 Å². The molecule has 0 spiro atoms. The highest BCUT2D eigenvalue weighted by atomic mass is 35.5. The molecule has 4 rings (SSSR count). The van der Waals surface area contributed by atoms with Crippen LogP contribution in [0.2, 0.25) is 5.02 Å². The number of anilines is 2. The van der Waals surface area contributed by atoms with Crippen LogP contribution < -0.4 is 16.0 Å². The van der Waals surface area contributed by atoms with E-state index in [1.54, 1.807) is 7.05 Å². The predicted molar refractivity (Wildman–Crippen MR) is 126 cm³/mol. The lowest BCUT2D eigenvalue weighted by Gasteiger charge is -2.27. The Bertz CT molecular complexity index is 1100. The monoisotopic (exact) mass is 435 g/mol. The van der Waals surface area contributed by atoms with Crippen LogP contribution in [0.15, 0.2) is 48.5 Å². The Morgan fingerprint density at radius 2 is 2.00 bits per heavy atom. The predicted octanol–water partition coefficient (Wildman–Crippen LogP) is 4.75. The first-order chi connectivity index (χ1) is 15.0. The molecule has 3 aromatic rings. The van der Waals surface area contributed by atoms with Crippen molar-refractivity contribution in [2.75, 3.05) is 24.2 Å². The number of hydrogen-bond acceptors (Lipinski definition) is 5. The van der Waals surface area contributed by atoms with E-state index in [0.29, 0.717) is 16.5 Å². The molecule has 3 N–H and O–H groups in total. The van der Waals surface area contributed by atoms with Gasteiger partial charge >= 0.3 is 0 Å². The average molecular weight is 436 g/mol. The largest absolute Gasteiger partial charge is 0.375 e. The Hall–Kier alpha value is -3.12. The van der Waals surface area contributed by atoms with Crippen molar-refractivity contribution in [2.24, 2.45) is 0 Å². The van der Waals surface area contributed by atoms with Crippen LogP contribution in [0.4, 0.5) is 11.5 Å². The van der Waals surface area contributed by atoms with Gasteiger partial charge < -0.3 is 16.0 Å². The van der Waals surface area contributed by atoms with Crippen LogP contribution in [0, 0.1) is 6.92 Å². The molecule has 31 heavy (non-hydrogen) atoms. The summed E-state index contributed by atoms with van der Waals surface area (Å²) in [7, 11) is 1.60. The fraction of sp³-hybridized carbons (Fsp3) is 0.292. The van der Waals surface area contributed by atoms with Crippen molar-refractivity contribution in [3.05, 3.63) is 70.5 Å². The number of amides is 1. The Kier molecular flexibility index (Phi) is 6.37. The lowest BCUT2D eigenvalue weighted by Crippen LogP contribution is -2.26. The second-order valence-electron chi connectivity index (χ2n) is 7.69. The standard InChI is InChI=1S/C24H26ClN5O/c1-15-28-21(17-10-11-19(25)22(12-17)27-14-24(31)26-2)13-23(29-15)30-20-9-5-7-16-6-3-4-8-18(16)20/h3-4,6,8,10-13,20,27H,5,7,9,14H2,1-2H3,(H,26,31)(H,28,29,30). The number of halogens is 1. The summed E-state index contributed by atoms with van der Waals surface area (Å²) in [6.45, 7) is 2.04. The molecule has 0 saturated heterocycles. The number of hydrogen-bond donors (Lipinski definition) is 3. The van der Waals surface area contributed by atoms with Crippen LogP contribution in [-0.2, 0) is 11.2 Å². The molecular formula is C24H26ClN5O. The van der Waals surface area contributed by atoms with Gasteiger partial charge in [-0.3, -0.25) is 4.79 Å². The minimum absolute atomic E-state index is 0.112. The third-order valence-corrected chi connectivity index (χ3v) is 5.84. The van der Waals surface area contributed by atoms with Crippen LogP contribution in [-0.4, -0.2) is 29.5 Å². The second-order valence-corrected chi connectivity index (χ2v) is 8.10. The lowest BCUT2D eigenvalue weighted by atomic mass is 9.88. The van der Waals surface area contributed by atoms with Gasteiger partial charge in [0.15, 0.2) is 0 Å². The number of aromatic nitrogens is 2. The Balaban J connectivity index is 1.60. The summed E-state index contributed by atoms with van der Waals surface area (Å²) < 4.78 is 0. The van der Waals surface area contributed by atoms with Crippen molar-refractivity contribution >= 4 is 29.0 Å². The maximum atomic E-state index is 11.6. The zero-order valence-corrected chi connectivity index (χ0v) is 18.5. The molecule has 0 fully saturated rings. The number of nitrogens with one attached hydrogen (secondary N) is 3. The van der Waals surface area contributed by atoms with Gasteiger partial charge in [0.1, 0.15) is 11.6 Å². The molecule has 0 radical (unpaired) electrons. The normalized spacial score (nSPS) is 15.1. The highest BCUT2D eigenvalue weighted by molar-refractivity contribution is 6.33. The number of nitrogens with zero attached hydrogens (tertiary/aromatic N) is 2. The molecule has 1 aliphatic carbocycles. The van der Waals surface area contributed by atoms with Crippen molar-refractivity contribution in [3.63, 3.8) is 0 Å². The molecular weight excluding hydrogens is 410 g/mol. The third kappa shape index (κ3) is 4.97. The van der Waals surface area contributed by atoms with E-state index in [-0.39, 0.29) is 18.5 Å². The Labute approximate surface area is 187 Å². The van der Waals surface area contributed by atoms with Crippen molar-refractivity contribution in [1.29, 1.82) is 0 Å². The topological polar surface area (TPSA) is 78.9 Å². The number of aryl methyl sites for hydroxylation is 2. The molecule has 2 aromatic carbocycles. The van der Waals surface area contributed by atoms with Gasteiger partial charge in [-0.25, -0.2) is 9.97 Å². The summed E-state index contributed by atoms with van der Waals surface area (Å²) in [6, 6.07) is 16.5. The van der Waals surface area contributed by atoms with Gasteiger partial charge in [-0.15, -0.1) is 0 Å². The van der Waals surface area contributed by atoms with E-state index in [4.69, 9.17) is 11.6 Å². The van der Waals surface area contributed by atoms with E-state index < -0.39 is 0 Å². The van der Waals surface area contributed by atoms with Crippen LogP contribution in [0.1, 0.15) is 35.8 Å². The zero-order chi connectivity index (χ0) is 21.8. The summed E-state index contributed by atoms with van der Waals surface area (Å²) >= 11 is 6.31. The van der Waals surface area contributed by atoms with Crippen molar-refractivity contribution in [1.82, 2.24) is 15.3 Å². The summed E-state index contributed by atoms with van der Waals surface area (Å²) in [4.78, 5) is 20.8. The first-order valence-electron chi connectivity index (χ1n) is 10.5. The van der Waals surface area contributed by atoms with Crippen LogP contribution in [0.25, 0.3) is 11.3 Å². The van der Waals surface area contributed by atoms with Gasteiger partial charge in [-0.2, -0.15) is 0 Å². The van der Waals surface area contributed by atoms with Crippen LogP contribution in [0.3, 0.4) is 0 Å². The number of carbonyl (C=O) groups excluding carboxylic acids is 1. The molecule has 1 aromatic heterocycles. The summed E-state index contributed by atoms with van der Waals surface area (Å²) in [5.41, 5.74) is 5.15. The van der Waals surface area contributed by atoms with Gasteiger partial charge in [0.05, 0.1) is 29.0 Å². The van der Waals surface area contributed by atoms with Crippen molar-refractivity contribution in [2.45, 2.75) is 32.2 Å². The molecule has 1 aliphatic rings. The minimum Gasteiger partial charge on any atom is -0.375 e. The number of benzene rings is 2. The quantitative estimate of drug-likeness (QED) is 0.520. The first-order valence-corrected chi connectivity index (χ1v) is 10.9. The third-order valence-electron chi connectivity index (χ3n) is 5.51. The molecule has 7 heteroatoms. The van der Waals surface area contributed by atoms with Gasteiger partial charge in [-0.05, 0) is 49.4 Å². The SMILES string of the molecule is CNC(=O)CNc1cc(-c2cc(NC3CCCc4ccccc43)nc(C)n2)ccc1Cl. The van der Waals surface area contributed by atoms with Gasteiger partial charge in [0.25, 0.3) is 0 Å². The molecule has 1 heterocycles. The number of carbonyl (C=O) groups is 1. The minimum atomic E-state index is -0.112. The lowest BCUT2D eigenvalue weighted by molar-refractivity contribution is -0.118. The van der Waals surface area contributed by atoms with E-state index in [9.17, 15) is 4.79 Å². The van der Waals surface area contributed by atoms with Crippen molar-refractivity contribution < 1.29 is 4.79 Å². The number of rotatable bonds is 6. The van der Waals surface area contributed by atoms with E-state index in [2.05, 4.69) is 50.2 Å². The molecule has 0 aliphatic heterocycles. The van der Waals surface area contributed by atoms with Gasteiger partial charge in [-0.1, -0.05) is 41.9 Å².